The van der Waals surface area contributed by atoms with E-state index in [1.54, 1.807) is 27.5 Å². The number of aliphatic carboxylic acids is 5. The molecule has 0 bridgehead atoms. The van der Waals surface area contributed by atoms with Crippen molar-refractivity contribution in [3.05, 3.63) is 41.4 Å². The molecule has 1 aromatic rings. The minimum Gasteiger partial charge on any atom is -0.547 e. The summed E-state index contributed by atoms with van der Waals surface area (Å²) in [5.74, 6) is -6.62. The largest absolute Gasteiger partial charge is 0.547 e. The first-order valence-corrected chi connectivity index (χ1v) is 26.3. The van der Waals surface area contributed by atoms with E-state index in [1.165, 1.54) is 19.0 Å². The molecular weight excluding hydrogens is 1130 g/mol. The number of aliphatic hydroxyl groups excluding tert-OH is 1. The van der Waals surface area contributed by atoms with Crippen molar-refractivity contribution >= 4 is 85.6 Å². The summed E-state index contributed by atoms with van der Waals surface area (Å²) in [6.45, 7) is 27.7. The molecule has 1 aliphatic heterocycles. The van der Waals surface area contributed by atoms with Gasteiger partial charge in [-0.15, -0.1) is 18.5 Å². The summed E-state index contributed by atoms with van der Waals surface area (Å²) in [5, 5.41) is 46.9. The molecule has 5 atom stereocenters. The van der Waals surface area contributed by atoms with E-state index in [1.807, 2.05) is 90.9 Å². The van der Waals surface area contributed by atoms with Gasteiger partial charge in [0.1, 0.15) is 25.7 Å². The third-order valence-electron chi connectivity index (χ3n) is 7.33. The maximum atomic E-state index is 12.7. The summed E-state index contributed by atoms with van der Waals surface area (Å²) in [5.41, 5.74) is 10.1. The maximum Gasteiger partial charge on any atom is 0.410 e. The Hall–Kier alpha value is -2.91. The Morgan fingerprint density at radius 1 is 0.836 bits per heavy atom. The number of carboxylic acids is 5. The Kier molecular flexibility index (Phi) is 48.3. The first-order valence-electron chi connectivity index (χ1n) is 19.5. The maximum absolute atomic E-state index is 12.7. The Morgan fingerprint density at radius 3 is 1.34 bits per heavy atom. The van der Waals surface area contributed by atoms with Crippen molar-refractivity contribution in [1.82, 2.24) is 9.80 Å². The van der Waals surface area contributed by atoms with Crippen molar-refractivity contribution in [2.24, 2.45) is 0 Å². The van der Waals surface area contributed by atoms with Crippen LogP contribution in [0.1, 0.15) is 94.6 Å². The molecule has 1 heterocycles. The fraction of sp³-hybridized carbons (Fsp3) is 0.634. The molecule has 26 heteroatoms. The van der Waals surface area contributed by atoms with Gasteiger partial charge < -0.3 is 59.9 Å². The molecular formula is C41H77N5O15P4Rh2. The molecule has 0 aromatic heterocycles. The molecule has 1 aromatic carbocycles. The Labute approximate surface area is 427 Å². The average molecular weight is 1210 g/mol. The van der Waals surface area contributed by atoms with E-state index >= 15 is 0 Å². The van der Waals surface area contributed by atoms with Crippen LogP contribution in [-0.2, 0) is 81.6 Å². The van der Waals surface area contributed by atoms with Gasteiger partial charge in [0, 0.05) is 111 Å². The zero-order valence-corrected chi connectivity index (χ0v) is 49.4. The van der Waals surface area contributed by atoms with Gasteiger partial charge in [-0.2, -0.15) is 4.79 Å². The predicted octanol–water partition coefficient (Wildman–Crippen LogP) is 4.17. The molecule has 2 rings (SSSR count). The summed E-state index contributed by atoms with van der Waals surface area (Å²) < 4.78 is 26.6. The number of aliphatic hydroxyl groups is 1. The fourth-order valence-corrected chi connectivity index (χ4v) is 7.24. The van der Waals surface area contributed by atoms with Crippen LogP contribution in [0.2, 0.25) is 0 Å². The van der Waals surface area contributed by atoms with Crippen LogP contribution in [0.5, 0.6) is 0 Å². The molecule has 2 amide bonds. The van der Waals surface area contributed by atoms with Gasteiger partial charge in [0.15, 0.2) is 7.14 Å². The predicted molar refractivity (Wildman–Crippen MR) is 260 cm³/mol. The van der Waals surface area contributed by atoms with Crippen LogP contribution < -0.4 is 5.11 Å². The molecule has 0 aliphatic carbocycles. The summed E-state index contributed by atoms with van der Waals surface area (Å²) >= 11 is 0. The number of likely N-dealkylation sites (tertiary alicyclic amines) is 1. The normalized spacial score (nSPS) is 13.7. The van der Waals surface area contributed by atoms with Crippen molar-refractivity contribution in [2.45, 2.75) is 112 Å². The van der Waals surface area contributed by atoms with Crippen molar-refractivity contribution in [2.75, 3.05) is 60.0 Å². The van der Waals surface area contributed by atoms with Gasteiger partial charge in [-0.3, -0.25) is 28.8 Å². The molecule has 2 unspecified atom stereocenters. The summed E-state index contributed by atoms with van der Waals surface area (Å²) in [6.07, 6.45) is 0.708. The van der Waals surface area contributed by atoms with Gasteiger partial charge in [0.25, 0.3) is 23.9 Å². The zero-order valence-electron chi connectivity index (χ0n) is 42.0. The Balaban J connectivity index is -0.000000110. The SMILES string of the molecule is CC(=O)O.CC(=O)O.CC(=O)O.CC(=O)O.CC(C)(C)N(CCP)C(=O)C(=[N+]=[N-])P(C)(C)=O.CC(C)(C)N1C[C@H](c2ccccc2)[C@@H](P(C)(C)=O)C1=O.CC(C)=[N+](C)C.O=C([O-])[C@H](O)P.[Rh].[Rh]. The number of hydrogen-bond acceptors (Lipinski definition) is 11. The zero-order chi connectivity index (χ0) is 53.6. The minimum atomic E-state index is -2.88. The van der Waals surface area contributed by atoms with Crippen LogP contribution >= 0.6 is 32.8 Å². The topological polar surface area (TPSA) is 324 Å². The van der Waals surface area contributed by atoms with E-state index in [2.05, 4.69) is 32.5 Å². The first kappa shape index (κ1) is 81.1. The molecule has 1 aliphatic rings. The summed E-state index contributed by atoms with van der Waals surface area (Å²) in [4.78, 5) is 76.6. The quantitative estimate of drug-likeness (QED) is 0.0639. The van der Waals surface area contributed by atoms with Crippen molar-refractivity contribution < 1.29 is 122 Å². The number of hydrogen-bond donors (Lipinski definition) is 5. The molecule has 67 heavy (non-hydrogen) atoms. The molecule has 394 valence electrons. The Bertz CT molecular complexity index is 1780. The number of benzene rings is 1. The fourth-order valence-electron chi connectivity index (χ4n) is 4.38. The second kappa shape index (κ2) is 39.9. The Morgan fingerprint density at radius 2 is 1.15 bits per heavy atom. The second-order valence-corrected chi connectivity index (χ2v) is 24.6. The van der Waals surface area contributed by atoms with Crippen LogP contribution in [0.15, 0.2) is 30.3 Å². The summed E-state index contributed by atoms with van der Waals surface area (Å²) in [7, 11) is 2.91. The van der Waals surface area contributed by atoms with Crippen molar-refractivity contribution in [1.29, 1.82) is 0 Å². The molecule has 5 N–H and O–H groups in total. The van der Waals surface area contributed by atoms with Crippen LogP contribution in [0.3, 0.4) is 0 Å². The minimum absolute atomic E-state index is 0. The number of carbonyl (C=O) groups excluding carboxylic acids is 3. The van der Waals surface area contributed by atoms with Crippen LogP contribution in [0.25, 0.3) is 5.53 Å². The van der Waals surface area contributed by atoms with Gasteiger partial charge in [-0.05, 0) is 79.9 Å². The van der Waals surface area contributed by atoms with Crippen molar-refractivity contribution in [3.63, 3.8) is 0 Å². The average Bonchev–Trinajstić information content (AvgIpc) is 3.45. The number of carbonyl (C=O) groups is 7. The molecule has 20 nitrogen and oxygen atoms in total. The van der Waals surface area contributed by atoms with Gasteiger partial charge in [0.2, 0.25) is 5.91 Å². The van der Waals surface area contributed by atoms with E-state index in [9.17, 15) is 28.6 Å². The van der Waals surface area contributed by atoms with Gasteiger partial charge >= 0.3 is 11.4 Å². The third-order valence-corrected chi connectivity index (χ3v) is 11.1. The van der Waals surface area contributed by atoms with E-state index in [0.717, 1.165) is 33.3 Å². The van der Waals surface area contributed by atoms with E-state index < -0.39 is 61.4 Å². The first-order chi connectivity index (χ1) is 28.9. The van der Waals surface area contributed by atoms with Crippen molar-refractivity contribution in [3.8, 4) is 0 Å². The molecule has 0 spiro atoms. The van der Waals surface area contributed by atoms with Crippen LogP contribution in [0, 0.1) is 0 Å². The van der Waals surface area contributed by atoms with E-state index in [-0.39, 0.29) is 67.4 Å². The van der Waals surface area contributed by atoms with Gasteiger partial charge in [-0.25, -0.2) is 4.58 Å². The van der Waals surface area contributed by atoms with E-state index in [0.29, 0.717) is 19.3 Å². The monoisotopic (exact) mass is 1210 g/mol. The van der Waals surface area contributed by atoms with E-state index in [4.69, 9.17) is 50.2 Å². The van der Waals surface area contributed by atoms with Crippen LogP contribution in [0.4, 0.5) is 0 Å². The van der Waals surface area contributed by atoms with Gasteiger partial charge in [-0.1, -0.05) is 30.3 Å². The van der Waals surface area contributed by atoms with Crippen LogP contribution in [-0.4, -0.2) is 180 Å². The van der Waals surface area contributed by atoms with Gasteiger partial charge in [0.05, 0.1) is 18.8 Å². The third kappa shape index (κ3) is 47.9. The molecule has 2 radical (unpaired) electrons. The molecule has 1 saturated heterocycles. The summed E-state index contributed by atoms with van der Waals surface area (Å²) in [6, 6.07) is 9.99. The number of amides is 2. The number of carboxylic acid groups (broad SMARTS) is 5. The standard InChI is InChI=1S/C16H24NO2P.C10H21N3O2P2.C5H12N.C2H5O3P.4C2H4O2.2Rh/c1-16(2,3)17-11-13(12-9-7-6-8-10-12)14(15(17)18)20(4,5)19;1-10(2,3)13(6-7-16)9(14)8(12-11)17(4,5)15;1-5(2)6(3)4;3-1(4)2(5)6;4*1-2(3)4;;/h6-10,13-14H,11H2,1-5H3;6-7,16H2,1-5H3;1-4H3;2,5H,6H2,(H,3,4);4*1H3,(H,3,4);;/q;;+1;;;;;;;/p-1/t13-,14-;;;2-;;;;;;/m1..1....../s1. The number of rotatable bonds is 7. The molecule has 0 saturated carbocycles. The second-order valence-electron chi connectivity index (χ2n) is 16.9. The smallest absolute Gasteiger partial charge is 0.410 e. The molecule has 1 fully saturated rings. The number of nitrogens with zero attached hydrogens (tertiary/aromatic N) is 5.